The maximum Gasteiger partial charge on any atom is 0.410 e. The van der Waals surface area contributed by atoms with Gasteiger partial charge >= 0.3 is 6.09 Å². The second-order valence-corrected chi connectivity index (χ2v) is 13.1. The highest BCUT2D eigenvalue weighted by molar-refractivity contribution is 5.91. The summed E-state index contributed by atoms with van der Waals surface area (Å²) in [5, 5.41) is 0. The Hall–Kier alpha value is -3.98. The van der Waals surface area contributed by atoms with Gasteiger partial charge in [0.1, 0.15) is 5.60 Å². The normalized spacial score (nSPS) is 20.1. The zero-order chi connectivity index (χ0) is 30.9. The Morgan fingerprint density at radius 1 is 1.02 bits per heavy atom. The van der Waals surface area contributed by atoms with Crippen molar-refractivity contribution in [1.29, 1.82) is 0 Å². The third-order valence-corrected chi connectivity index (χ3v) is 9.02. The van der Waals surface area contributed by atoms with E-state index >= 15 is 0 Å². The average Bonchev–Trinajstić information content (AvgIpc) is 3.51. The Bertz CT molecular complexity index is 1500. The Kier molecular flexibility index (Phi) is 8.33. The molecule has 2 fully saturated rings. The minimum atomic E-state index is -0.649. The lowest BCUT2D eigenvalue weighted by molar-refractivity contribution is -0.144. The second kappa shape index (κ2) is 12.2. The van der Waals surface area contributed by atoms with Gasteiger partial charge in [0.15, 0.2) is 0 Å². The van der Waals surface area contributed by atoms with E-state index in [0.717, 1.165) is 55.0 Å². The predicted molar refractivity (Wildman–Crippen MR) is 168 cm³/mol. The van der Waals surface area contributed by atoms with E-state index in [1.54, 1.807) is 11.1 Å². The van der Waals surface area contributed by atoms with E-state index in [9.17, 15) is 9.59 Å². The Morgan fingerprint density at radius 2 is 1.80 bits per heavy atom. The summed E-state index contributed by atoms with van der Waals surface area (Å²) in [6.07, 6.45) is 3.57. The van der Waals surface area contributed by atoms with Crippen LogP contribution >= 0.6 is 0 Å². The number of nitrogens with zero attached hydrogens (tertiary/aromatic N) is 5. The van der Waals surface area contributed by atoms with Crippen molar-refractivity contribution in [1.82, 2.24) is 24.7 Å². The topological polar surface area (TPSA) is 88.1 Å². The second-order valence-electron chi connectivity index (χ2n) is 13.1. The molecular formula is C35H43N5O4. The van der Waals surface area contributed by atoms with E-state index < -0.39 is 11.0 Å². The summed E-state index contributed by atoms with van der Waals surface area (Å²) < 4.78 is 11.5. The number of likely N-dealkylation sites (tertiary alicyclic amines) is 2. The maximum absolute atomic E-state index is 14.6. The summed E-state index contributed by atoms with van der Waals surface area (Å²) in [4.78, 5) is 43.3. The molecule has 0 radical (unpaired) electrons. The number of aromatic nitrogens is 2. The summed E-state index contributed by atoms with van der Waals surface area (Å²) in [5.41, 5.74) is 3.63. The molecule has 0 saturated carbocycles. The summed E-state index contributed by atoms with van der Waals surface area (Å²) in [6, 6.07) is 18.4. The lowest BCUT2D eigenvalue weighted by Crippen LogP contribution is -2.58. The van der Waals surface area contributed by atoms with Gasteiger partial charge in [0.2, 0.25) is 11.8 Å². The molecule has 1 aromatic carbocycles. The molecule has 1 unspecified atom stereocenters. The molecule has 3 aromatic rings. The molecule has 5 heterocycles. The van der Waals surface area contributed by atoms with Gasteiger partial charge in [-0.05, 0) is 89.4 Å². The van der Waals surface area contributed by atoms with Crippen molar-refractivity contribution >= 4 is 12.0 Å². The first-order chi connectivity index (χ1) is 21.2. The first-order valence-corrected chi connectivity index (χ1v) is 15.8. The Morgan fingerprint density at radius 3 is 2.52 bits per heavy atom. The average molecular weight is 598 g/mol. The van der Waals surface area contributed by atoms with Crippen LogP contribution in [-0.2, 0) is 28.0 Å². The zero-order valence-electron chi connectivity index (χ0n) is 26.3. The number of carbonyl (C=O) groups is 2. The predicted octanol–water partition coefficient (Wildman–Crippen LogP) is 5.43. The minimum Gasteiger partial charge on any atom is -0.477 e. The van der Waals surface area contributed by atoms with Gasteiger partial charge < -0.3 is 19.3 Å². The fourth-order valence-corrected chi connectivity index (χ4v) is 6.87. The van der Waals surface area contributed by atoms with Crippen molar-refractivity contribution in [2.24, 2.45) is 0 Å². The summed E-state index contributed by atoms with van der Waals surface area (Å²) in [7, 11) is 0. The Labute approximate surface area is 260 Å². The molecule has 0 N–H and O–H groups in total. The van der Waals surface area contributed by atoms with Crippen LogP contribution < -0.4 is 4.74 Å². The van der Waals surface area contributed by atoms with Crippen molar-refractivity contribution in [3.63, 3.8) is 0 Å². The van der Waals surface area contributed by atoms with Gasteiger partial charge in [0.05, 0.1) is 41.6 Å². The number of piperidine rings is 1. The highest BCUT2D eigenvalue weighted by Crippen LogP contribution is 2.45. The molecule has 2 amide bonds. The van der Waals surface area contributed by atoms with Crippen LogP contribution in [0.25, 0.3) is 11.3 Å². The number of benzene rings is 1. The minimum absolute atomic E-state index is 0.0924. The number of pyridine rings is 2. The van der Waals surface area contributed by atoms with Gasteiger partial charge in [-0.3, -0.25) is 14.7 Å². The molecule has 1 spiro atoms. The van der Waals surface area contributed by atoms with Gasteiger partial charge in [0.25, 0.3) is 0 Å². The van der Waals surface area contributed by atoms with Crippen molar-refractivity contribution < 1.29 is 19.1 Å². The molecule has 0 aliphatic carbocycles. The number of hydrogen-bond donors (Lipinski definition) is 0. The van der Waals surface area contributed by atoms with Gasteiger partial charge in [-0.1, -0.05) is 36.4 Å². The van der Waals surface area contributed by atoms with Crippen LogP contribution in [0.5, 0.6) is 5.88 Å². The van der Waals surface area contributed by atoms with Crippen molar-refractivity contribution in [2.75, 3.05) is 32.8 Å². The highest BCUT2D eigenvalue weighted by Gasteiger charge is 2.51. The van der Waals surface area contributed by atoms with Gasteiger partial charge in [-0.25, -0.2) is 9.78 Å². The SMILES string of the molecule is CCOc1ncccc1-c1ccc2c(n1)CN(C1CCN(C(=O)OC(C)(C)C)C1)C(=O)C21CCN(Cc2ccccc2)CC1. The molecule has 232 valence electrons. The van der Waals surface area contributed by atoms with E-state index in [1.807, 2.05) is 56.9 Å². The van der Waals surface area contributed by atoms with E-state index in [4.69, 9.17) is 14.5 Å². The van der Waals surface area contributed by atoms with Gasteiger partial charge in [0, 0.05) is 25.8 Å². The van der Waals surface area contributed by atoms with Crippen LogP contribution in [0.1, 0.15) is 63.8 Å². The first-order valence-electron chi connectivity index (χ1n) is 15.8. The number of amides is 2. The third kappa shape index (κ3) is 6.02. The largest absolute Gasteiger partial charge is 0.477 e. The van der Waals surface area contributed by atoms with Crippen LogP contribution in [0.3, 0.4) is 0 Å². The molecule has 44 heavy (non-hydrogen) atoms. The molecule has 2 aromatic heterocycles. The van der Waals surface area contributed by atoms with E-state index in [1.165, 1.54) is 5.56 Å². The lowest BCUT2D eigenvalue weighted by Gasteiger charge is -2.48. The Balaban J connectivity index is 1.31. The van der Waals surface area contributed by atoms with Gasteiger partial charge in [-0.15, -0.1) is 0 Å². The van der Waals surface area contributed by atoms with E-state index in [-0.39, 0.29) is 18.0 Å². The molecule has 3 aliphatic rings. The van der Waals surface area contributed by atoms with Crippen LogP contribution in [0.2, 0.25) is 0 Å². The molecule has 1 atom stereocenters. The zero-order valence-corrected chi connectivity index (χ0v) is 26.3. The highest BCUT2D eigenvalue weighted by atomic mass is 16.6. The smallest absolute Gasteiger partial charge is 0.410 e. The van der Waals surface area contributed by atoms with Crippen molar-refractivity contribution in [3.8, 4) is 17.1 Å². The lowest BCUT2D eigenvalue weighted by atomic mass is 9.68. The van der Waals surface area contributed by atoms with Crippen LogP contribution in [-0.4, -0.2) is 81.1 Å². The fraction of sp³-hybridized carbons (Fsp3) is 0.486. The summed E-state index contributed by atoms with van der Waals surface area (Å²) >= 11 is 0. The number of rotatable bonds is 6. The maximum atomic E-state index is 14.6. The van der Waals surface area contributed by atoms with Crippen molar-refractivity contribution in [2.45, 2.75) is 77.1 Å². The summed E-state index contributed by atoms with van der Waals surface area (Å²) in [6.45, 7) is 12.0. The van der Waals surface area contributed by atoms with E-state index in [0.29, 0.717) is 38.5 Å². The standard InChI is InChI=1S/C35H43N5O4/c1-5-43-31-27(12-9-18-36-31)29-14-13-28-30(37-29)24-40(26-15-19-39(23-26)33(42)44-34(2,3)4)32(41)35(28)16-20-38(21-17-35)22-25-10-7-6-8-11-25/h6-14,18,26H,5,15-17,19-24H2,1-4H3. The first kappa shape index (κ1) is 30.1. The van der Waals surface area contributed by atoms with Gasteiger partial charge in [-0.2, -0.15) is 0 Å². The summed E-state index contributed by atoms with van der Waals surface area (Å²) in [5.74, 6) is 0.713. The molecule has 9 nitrogen and oxygen atoms in total. The molecule has 6 rings (SSSR count). The van der Waals surface area contributed by atoms with Crippen LogP contribution in [0.4, 0.5) is 4.79 Å². The molecule has 0 bridgehead atoms. The van der Waals surface area contributed by atoms with Crippen LogP contribution in [0.15, 0.2) is 60.8 Å². The van der Waals surface area contributed by atoms with Crippen LogP contribution in [0, 0.1) is 0 Å². The molecule has 3 aliphatic heterocycles. The van der Waals surface area contributed by atoms with E-state index in [2.05, 4.69) is 40.2 Å². The number of hydrogen-bond acceptors (Lipinski definition) is 7. The number of carbonyl (C=O) groups excluding carboxylic acids is 2. The van der Waals surface area contributed by atoms with Crippen molar-refractivity contribution in [3.05, 3.63) is 77.6 Å². The third-order valence-electron chi connectivity index (χ3n) is 9.02. The monoisotopic (exact) mass is 597 g/mol. The molecule has 2 saturated heterocycles. The number of fused-ring (bicyclic) bond motifs is 2. The molecule has 9 heteroatoms. The number of ether oxygens (including phenoxy) is 2. The quantitative estimate of drug-likeness (QED) is 0.375. The fourth-order valence-electron chi connectivity index (χ4n) is 6.87. The molecular weight excluding hydrogens is 554 g/mol.